The number of aldehydes is 1. The van der Waals surface area contributed by atoms with E-state index >= 15 is 0 Å². The van der Waals surface area contributed by atoms with Crippen molar-refractivity contribution in [1.82, 2.24) is 0 Å². The van der Waals surface area contributed by atoms with Crippen molar-refractivity contribution in [1.29, 1.82) is 0 Å². The van der Waals surface area contributed by atoms with E-state index in [9.17, 15) is 9.18 Å². The molecule has 92 valence electrons. The van der Waals surface area contributed by atoms with Gasteiger partial charge in [-0.3, -0.25) is 4.79 Å². The lowest BCUT2D eigenvalue weighted by molar-refractivity contribution is 0.112. The Kier molecular flexibility index (Phi) is 3.57. The molecule has 2 aromatic rings. The Bertz CT molecular complexity index is 567. The van der Waals surface area contributed by atoms with Gasteiger partial charge in [0.1, 0.15) is 17.9 Å². The second-order valence-corrected chi connectivity index (χ2v) is 3.59. The fourth-order valence-corrected chi connectivity index (χ4v) is 1.50. The zero-order chi connectivity index (χ0) is 13.0. The smallest absolute Gasteiger partial charge is 0.169 e. The normalized spacial score (nSPS) is 9.89. The van der Waals surface area contributed by atoms with Crippen molar-refractivity contribution in [2.75, 3.05) is 7.11 Å². The summed E-state index contributed by atoms with van der Waals surface area (Å²) in [7, 11) is 1.43. The van der Waals surface area contributed by atoms with Crippen molar-refractivity contribution in [3.05, 3.63) is 53.8 Å². The zero-order valence-electron chi connectivity index (χ0n) is 9.72. The molecule has 0 bridgehead atoms. The van der Waals surface area contributed by atoms with Crippen LogP contribution in [0.5, 0.6) is 17.2 Å². The maximum Gasteiger partial charge on any atom is 0.169 e. The molecular weight excluding hydrogens is 235 g/mol. The molecule has 0 saturated carbocycles. The Labute approximate surface area is 104 Å². The summed E-state index contributed by atoms with van der Waals surface area (Å²) in [4.78, 5) is 10.6. The minimum absolute atomic E-state index is 0.298. The lowest BCUT2D eigenvalue weighted by Gasteiger charge is -2.10. The molecule has 0 radical (unpaired) electrons. The van der Waals surface area contributed by atoms with E-state index in [0.29, 0.717) is 22.8 Å². The topological polar surface area (TPSA) is 35.5 Å². The van der Waals surface area contributed by atoms with E-state index in [2.05, 4.69) is 0 Å². The average Bonchev–Trinajstić information content (AvgIpc) is 2.41. The third-order valence-electron chi connectivity index (χ3n) is 2.35. The van der Waals surface area contributed by atoms with E-state index in [1.807, 2.05) is 0 Å². The van der Waals surface area contributed by atoms with Crippen molar-refractivity contribution < 1.29 is 18.7 Å². The first kappa shape index (κ1) is 12.1. The molecule has 18 heavy (non-hydrogen) atoms. The minimum Gasteiger partial charge on any atom is -0.493 e. The van der Waals surface area contributed by atoms with E-state index in [1.54, 1.807) is 24.3 Å². The summed E-state index contributed by atoms with van der Waals surface area (Å²) in [5.74, 6) is 0.777. The lowest BCUT2D eigenvalue weighted by Crippen LogP contribution is -1.92. The van der Waals surface area contributed by atoms with Crippen LogP contribution >= 0.6 is 0 Å². The summed E-state index contributed by atoms with van der Waals surface area (Å²) < 4.78 is 23.6. The van der Waals surface area contributed by atoms with Gasteiger partial charge in [-0.05, 0) is 24.3 Å². The molecule has 0 aliphatic rings. The van der Waals surface area contributed by atoms with Crippen LogP contribution < -0.4 is 9.47 Å². The van der Waals surface area contributed by atoms with Crippen molar-refractivity contribution >= 4 is 6.29 Å². The van der Waals surface area contributed by atoms with E-state index < -0.39 is 5.82 Å². The molecule has 4 heteroatoms. The van der Waals surface area contributed by atoms with E-state index in [1.165, 1.54) is 25.3 Å². The van der Waals surface area contributed by atoms with Crippen LogP contribution in [0.4, 0.5) is 4.39 Å². The summed E-state index contributed by atoms with van der Waals surface area (Å²) in [5, 5.41) is 0. The second-order valence-electron chi connectivity index (χ2n) is 3.59. The van der Waals surface area contributed by atoms with Crippen LogP contribution in [0.15, 0.2) is 42.5 Å². The van der Waals surface area contributed by atoms with Crippen LogP contribution in [-0.4, -0.2) is 13.4 Å². The number of carbonyl (C=O) groups excluding carboxylic acids is 1. The van der Waals surface area contributed by atoms with Gasteiger partial charge in [0.25, 0.3) is 0 Å². The first-order valence-corrected chi connectivity index (χ1v) is 5.29. The van der Waals surface area contributed by atoms with Gasteiger partial charge < -0.3 is 9.47 Å². The molecule has 0 heterocycles. The number of rotatable bonds is 4. The van der Waals surface area contributed by atoms with Gasteiger partial charge in [-0.15, -0.1) is 0 Å². The molecule has 3 nitrogen and oxygen atoms in total. The van der Waals surface area contributed by atoms with Gasteiger partial charge in [0.2, 0.25) is 0 Å². The number of methoxy groups -OCH3 is 1. The molecule has 0 amide bonds. The first-order valence-electron chi connectivity index (χ1n) is 5.29. The third kappa shape index (κ3) is 2.66. The second kappa shape index (κ2) is 5.31. The molecule has 0 saturated heterocycles. The predicted octanol–water partition coefficient (Wildman–Crippen LogP) is 3.44. The molecule has 0 aromatic heterocycles. The van der Waals surface area contributed by atoms with E-state index in [-0.39, 0.29) is 0 Å². The third-order valence-corrected chi connectivity index (χ3v) is 2.35. The summed E-state index contributed by atoms with van der Waals surface area (Å²) in [6, 6.07) is 10.7. The Morgan fingerprint density at radius 3 is 2.67 bits per heavy atom. The Morgan fingerprint density at radius 2 is 1.94 bits per heavy atom. The number of carbonyl (C=O) groups is 1. The van der Waals surface area contributed by atoms with Crippen LogP contribution in [-0.2, 0) is 0 Å². The van der Waals surface area contributed by atoms with Crippen LogP contribution in [0.1, 0.15) is 10.4 Å². The molecular formula is C14H11FO3. The number of halogens is 1. The van der Waals surface area contributed by atoms with Crippen molar-refractivity contribution in [2.45, 2.75) is 0 Å². The lowest BCUT2D eigenvalue weighted by atomic mass is 10.2. The van der Waals surface area contributed by atoms with Crippen molar-refractivity contribution in [2.24, 2.45) is 0 Å². The summed E-state index contributed by atoms with van der Waals surface area (Å²) >= 11 is 0. The highest BCUT2D eigenvalue weighted by Gasteiger charge is 2.07. The fourth-order valence-electron chi connectivity index (χ4n) is 1.50. The van der Waals surface area contributed by atoms with Crippen molar-refractivity contribution in [3.63, 3.8) is 0 Å². The van der Waals surface area contributed by atoms with Crippen LogP contribution in [0.2, 0.25) is 0 Å². The van der Waals surface area contributed by atoms with Gasteiger partial charge in [-0.1, -0.05) is 12.1 Å². The number of hydrogen-bond acceptors (Lipinski definition) is 3. The minimum atomic E-state index is -0.402. The maximum absolute atomic E-state index is 13.0. The highest BCUT2D eigenvalue weighted by atomic mass is 19.1. The van der Waals surface area contributed by atoms with Gasteiger partial charge in [0.15, 0.2) is 11.5 Å². The Balaban J connectivity index is 2.30. The summed E-state index contributed by atoms with van der Waals surface area (Å²) in [6.07, 6.45) is 0.731. The summed E-state index contributed by atoms with van der Waals surface area (Å²) in [6.45, 7) is 0. The molecule has 0 spiro atoms. The van der Waals surface area contributed by atoms with Gasteiger partial charge >= 0.3 is 0 Å². The molecule has 2 aromatic carbocycles. The number of ether oxygens (including phenoxy) is 2. The first-order chi connectivity index (χ1) is 8.72. The Morgan fingerprint density at radius 1 is 1.11 bits per heavy atom. The molecule has 0 unspecified atom stereocenters. The number of hydrogen-bond donors (Lipinski definition) is 0. The maximum atomic E-state index is 13.0. The van der Waals surface area contributed by atoms with Gasteiger partial charge in [0, 0.05) is 11.6 Å². The van der Waals surface area contributed by atoms with Crippen LogP contribution in [0.25, 0.3) is 0 Å². The SMILES string of the molecule is COc1cc(F)ccc1Oc1cccc(C=O)c1. The van der Waals surface area contributed by atoms with Gasteiger partial charge in [0.05, 0.1) is 7.11 Å². The average molecular weight is 246 g/mol. The zero-order valence-corrected chi connectivity index (χ0v) is 9.72. The fraction of sp³-hybridized carbons (Fsp3) is 0.0714. The van der Waals surface area contributed by atoms with Crippen molar-refractivity contribution in [3.8, 4) is 17.2 Å². The molecule has 0 aliphatic heterocycles. The van der Waals surface area contributed by atoms with E-state index in [4.69, 9.17) is 9.47 Å². The standard InChI is InChI=1S/C14H11FO3/c1-17-14-8-11(15)5-6-13(14)18-12-4-2-3-10(7-12)9-16/h2-9H,1H3. The van der Waals surface area contributed by atoms with Gasteiger partial charge in [-0.2, -0.15) is 0 Å². The highest BCUT2D eigenvalue weighted by Crippen LogP contribution is 2.31. The molecule has 0 aliphatic carbocycles. The Hall–Kier alpha value is -2.36. The predicted molar refractivity (Wildman–Crippen MR) is 64.9 cm³/mol. The monoisotopic (exact) mass is 246 g/mol. The molecule has 2 rings (SSSR count). The molecule has 0 atom stereocenters. The van der Waals surface area contributed by atoms with Gasteiger partial charge in [-0.25, -0.2) is 4.39 Å². The molecule has 0 N–H and O–H groups in total. The number of benzene rings is 2. The largest absolute Gasteiger partial charge is 0.493 e. The molecule has 0 fully saturated rings. The highest BCUT2D eigenvalue weighted by molar-refractivity contribution is 5.75. The van der Waals surface area contributed by atoms with Crippen LogP contribution in [0.3, 0.4) is 0 Å². The van der Waals surface area contributed by atoms with E-state index in [0.717, 1.165) is 6.29 Å². The quantitative estimate of drug-likeness (QED) is 0.775. The summed E-state index contributed by atoms with van der Waals surface area (Å²) in [5.41, 5.74) is 0.508. The van der Waals surface area contributed by atoms with Crippen LogP contribution in [0, 0.1) is 5.82 Å².